The molecule has 1 atom stereocenters. The topological polar surface area (TPSA) is 69.6 Å². The molecule has 1 saturated heterocycles. The summed E-state index contributed by atoms with van der Waals surface area (Å²) in [5.41, 5.74) is 2.28. The summed E-state index contributed by atoms with van der Waals surface area (Å²) in [6, 6.07) is 7.77. The molecule has 0 saturated carbocycles. The summed E-state index contributed by atoms with van der Waals surface area (Å²) in [7, 11) is 0. The first-order valence-corrected chi connectivity index (χ1v) is 7.78. The molecule has 1 aliphatic rings. The third-order valence-electron chi connectivity index (χ3n) is 4.52. The maximum absolute atomic E-state index is 12.3. The number of nitrogens with one attached hydrogen (secondary N) is 1. The Hall–Kier alpha value is -1.59. The molecule has 1 aromatic rings. The van der Waals surface area contributed by atoms with Gasteiger partial charge in [-0.1, -0.05) is 24.3 Å². The van der Waals surface area contributed by atoms with Crippen molar-refractivity contribution in [1.29, 1.82) is 0 Å². The predicted octanol–water partition coefficient (Wildman–Crippen LogP) is 2.22. The molecule has 1 fully saturated rings. The van der Waals surface area contributed by atoms with Gasteiger partial charge in [-0.15, -0.1) is 12.4 Å². The molecule has 128 valence electrons. The number of rotatable bonds is 5. The molecule has 1 amide bonds. The van der Waals surface area contributed by atoms with E-state index >= 15 is 0 Å². The quantitative estimate of drug-likeness (QED) is 0.862. The van der Waals surface area contributed by atoms with Crippen LogP contribution >= 0.6 is 12.4 Å². The van der Waals surface area contributed by atoms with Crippen LogP contribution in [0.3, 0.4) is 0 Å². The molecule has 0 bridgehead atoms. The lowest BCUT2D eigenvalue weighted by atomic mass is 9.96. The second kappa shape index (κ2) is 8.89. The SMILES string of the molecule is Cc1ccccc1CNC(=O)C(C)N1CCC(C(=O)O)CC1.Cl. The molecule has 1 aliphatic heterocycles. The number of aliphatic carboxylic acids is 1. The van der Waals surface area contributed by atoms with E-state index in [0.717, 1.165) is 11.1 Å². The fourth-order valence-electron chi connectivity index (χ4n) is 2.84. The first-order valence-electron chi connectivity index (χ1n) is 7.78. The van der Waals surface area contributed by atoms with E-state index in [1.807, 2.05) is 38.1 Å². The summed E-state index contributed by atoms with van der Waals surface area (Å²) in [6.07, 6.45) is 1.23. The van der Waals surface area contributed by atoms with Gasteiger partial charge in [0.1, 0.15) is 0 Å². The van der Waals surface area contributed by atoms with Crippen LogP contribution in [0.2, 0.25) is 0 Å². The number of amides is 1. The molecule has 2 rings (SSSR count). The van der Waals surface area contributed by atoms with Crippen LogP contribution in [-0.4, -0.2) is 41.0 Å². The van der Waals surface area contributed by atoms with Crippen molar-refractivity contribution in [2.45, 2.75) is 39.3 Å². The van der Waals surface area contributed by atoms with Gasteiger partial charge < -0.3 is 10.4 Å². The second-order valence-corrected chi connectivity index (χ2v) is 5.97. The van der Waals surface area contributed by atoms with Gasteiger partial charge in [0.15, 0.2) is 0 Å². The van der Waals surface area contributed by atoms with Crippen LogP contribution in [0.5, 0.6) is 0 Å². The van der Waals surface area contributed by atoms with E-state index < -0.39 is 5.97 Å². The van der Waals surface area contributed by atoms with E-state index in [2.05, 4.69) is 10.2 Å². The van der Waals surface area contributed by atoms with Crippen molar-refractivity contribution in [1.82, 2.24) is 10.2 Å². The van der Waals surface area contributed by atoms with Gasteiger partial charge in [-0.3, -0.25) is 14.5 Å². The largest absolute Gasteiger partial charge is 0.481 e. The Bertz CT molecular complexity index is 542. The maximum Gasteiger partial charge on any atom is 0.306 e. The van der Waals surface area contributed by atoms with E-state index in [1.54, 1.807) is 0 Å². The first kappa shape index (κ1) is 19.5. The highest BCUT2D eigenvalue weighted by Crippen LogP contribution is 2.19. The minimum absolute atomic E-state index is 0. The molecule has 5 nitrogen and oxygen atoms in total. The number of hydrogen-bond donors (Lipinski definition) is 2. The van der Waals surface area contributed by atoms with Crippen LogP contribution in [0.15, 0.2) is 24.3 Å². The molecule has 0 radical (unpaired) electrons. The van der Waals surface area contributed by atoms with E-state index in [0.29, 0.717) is 32.5 Å². The average Bonchev–Trinajstić information content (AvgIpc) is 2.53. The molecule has 0 aromatic heterocycles. The lowest BCUT2D eigenvalue weighted by molar-refractivity contribution is -0.143. The number of likely N-dealkylation sites (tertiary alicyclic amines) is 1. The molecule has 0 aliphatic carbocycles. The molecular formula is C17H25ClN2O3. The standard InChI is InChI=1S/C17H24N2O3.ClH/c1-12-5-3-4-6-15(12)11-18-16(20)13(2)19-9-7-14(8-10-19)17(21)22;/h3-6,13-14H,7-11H2,1-2H3,(H,18,20)(H,21,22);1H. The van der Waals surface area contributed by atoms with Crippen LogP contribution in [0, 0.1) is 12.8 Å². The van der Waals surface area contributed by atoms with Crippen molar-refractivity contribution < 1.29 is 14.7 Å². The molecule has 1 heterocycles. The Morgan fingerprint density at radius 2 is 1.91 bits per heavy atom. The molecule has 2 N–H and O–H groups in total. The number of carboxylic acid groups (broad SMARTS) is 1. The van der Waals surface area contributed by atoms with Crippen molar-refractivity contribution in [2.24, 2.45) is 5.92 Å². The Morgan fingerprint density at radius 3 is 2.48 bits per heavy atom. The minimum atomic E-state index is -0.726. The van der Waals surface area contributed by atoms with Gasteiger partial charge in [0.25, 0.3) is 0 Å². The van der Waals surface area contributed by atoms with Crippen molar-refractivity contribution in [3.05, 3.63) is 35.4 Å². The number of hydrogen-bond acceptors (Lipinski definition) is 3. The Labute approximate surface area is 143 Å². The number of benzene rings is 1. The average molecular weight is 341 g/mol. The number of carbonyl (C=O) groups is 2. The summed E-state index contributed by atoms with van der Waals surface area (Å²) in [4.78, 5) is 25.3. The Balaban J connectivity index is 0.00000264. The molecule has 6 heteroatoms. The van der Waals surface area contributed by atoms with E-state index in [9.17, 15) is 9.59 Å². The minimum Gasteiger partial charge on any atom is -0.481 e. The van der Waals surface area contributed by atoms with Crippen molar-refractivity contribution in [2.75, 3.05) is 13.1 Å². The lowest BCUT2D eigenvalue weighted by Gasteiger charge is -2.33. The van der Waals surface area contributed by atoms with Crippen LogP contribution in [0.1, 0.15) is 30.9 Å². The highest BCUT2D eigenvalue weighted by atomic mass is 35.5. The zero-order valence-electron chi connectivity index (χ0n) is 13.6. The third kappa shape index (κ3) is 5.22. The highest BCUT2D eigenvalue weighted by Gasteiger charge is 2.29. The van der Waals surface area contributed by atoms with Crippen LogP contribution < -0.4 is 5.32 Å². The van der Waals surface area contributed by atoms with Crippen LogP contribution in [0.25, 0.3) is 0 Å². The number of halogens is 1. The fraction of sp³-hybridized carbons (Fsp3) is 0.529. The number of piperidine rings is 1. The summed E-state index contributed by atoms with van der Waals surface area (Å²) >= 11 is 0. The number of nitrogens with zero attached hydrogens (tertiary/aromatic N) is 1. The van der Waals surface area contributed by atoms with Crippen LogP contribution in [0.4, 0.5) is 0 Å². The van der Waals surface area contributed by atoms with Gasteiger partial charge in [0.05, 0.1) is 12.0 Å². The van der Waals surface area contributed by atoms with Gasteiger partial charge in [-0.25, -0.2) is 0 Å². The lowest BCUT2D eigenvalue weighted by Crippen LogP contribution is -2.48. The van der Waals surface area contributed by atoms with E-state index in [-0.39, 0.29) is 30.3 Å². The maximum atomic E-state index is 12.3. The third-order valence-corrected chi connectivity index (χ3v) is 4.52. The zero-order valence-corrected chi connectivity index (χ0v) is 14.4. The highest BCUT2D eigenvalue weighted by molar-refractivity contribution is 5.85. The summed E-state index contributed by atoms with van der Waals surface area (Å²) in [6.45, 7) is 5.77. The normalized spacial score (nSPS) is 17.1. The van der Waals surface area contributed by atoms with Crippen molar-refractivity contribution in [3.8, 4) is 0 Å². The Morgan fingerprint density at radius 1 is 1.30 bits per heavy atom. The second-order valence-electron chi connectivity index (χ2n) is 5.97. The van der Waals surface area contributed by atoms with Crippen LogP contribution in [-0.2, 0) is 16.1 Å². The molecule has 23 heavy (non-hydrogen) atoms. The van der Waals surface area contributed by atoms with Crippen molar-refractivity contribution >= 4 is 24.3 Å². The smallest absolute Gasteiger partial charge is 0.306 e. The van der Waals surface area contributed by atoms with Gasteiger partial charge >= 0.3 is 5.97 Å². The van der Waals surface area contributed by atoms with Crippen molar-refractivity contribution in [3.63, 3.8) is 0 Å². The summed E-state index contributed by atoms with van der Waals surface area (Å²) in [5, 5.41) is 12.0. The Kier molecular flexibility index (Phi) is 7.52. The monoisotopic (exact) mass is 340 g/mol. The number of carboxylic acids is 1. The van der Waals surface area contributed by atoms with Gasteiger partial charge in [-0.2, -0.15) is 0 Å². The predicted molar refractivity (Wildman–Crippen MR) is 91.7 cm³/mol. The number of aryl methyl sites for hydroxylation is 1. The first-order chi connectivity index (χ1) is 10.5. The summed E-state index contributed by atoms with van der Waals surface area (Å²) < 4.78 is 0. The van der Waals surface area contributed by atoms with E-state index in [4.69, 9.17) is 5.11 Å². The molecule has 1 unspecified atom stereocenters. The zero-order chi connectivity index (χ0) is 16.1. The molecule has 1 aromatic carbocycles. The van der Waals surface area contributed by atoms with Gasteiger partial charge in [-0.05, 0) is 50.9 Å². The summed E-state index contributed by atoms with van der Waals surface area (Å²) in [5.74, 6) is -0.994. The van der Waals surface area contributed by atoms with Gasteiger partial charge in [0.2, 0.25) is 5.91 Å². The van der Waals surface area contributed by atoms with E-state index in [1.165, 1.54) is 0 Å². The number of carbonyl (C=O) groups excluding carboxylic acids is 1. The molecular weight excluding hydrogens is 316 g/mol. The fourth-order valence-corrected chi connectivity index (χ4v) is 2.84. The van der Waals surface area contributed by atoms with Gasteiger partial charge in [0, 0.05) is 6.54 Å². The molecule has 0 spiro atoms.